The average molecular weight is 438 g/mol. The van der Waals surface area contributed by atoms with Gasteiger partial charge in [-0.2, -0.15) is 5.26 Å². The van der Waals surface area contributed by atoms with Crippen molar-refractivity contribution in [3.05, 3.63) is 88.2 Å². The molecular formula is C21H13Cl2N5S. The summed E-state index contributed by atoms with van der Waals surface area (Å²) < 4.78 is 1.93. The molecule has 4 aromatic rings. The molecule has 4 rings (SSSR count). The van der Waals surface area contributed by atoms with Crippen molar-refractivity contribution in [2.24, 2.45) is 0 Å². The van der Waals surface area contributed by atoms with E-state index in [0.29, 0.717) is 32.3 Å². The summed E-state index contributed by atoms with van der Waals surface area (Å²) in [5.41, 5.74) is 3.30. The van der Waals surface area contributed by atoms with Crippen LogP contribution in [-0.4, -0.2) is 19.7 Å². The van der Waals surface area contributed by atoms with Gasteiger partial charge in [-0.1, -0.05) is 47.1 Å². The fraction of sp³-hybridized carbons (Fsp3) is 0.0476. The van der Waals surface area contributed by atoms with Gasteiger partial charge in [-0.25, -0.2) is 0 Å². The predicted octanol–water partition coefficient (Wildman–Crippen LogP) is 5.80. The van der Waals surface area contributed by atoms with Crippen LogP contribution in [0.1, 0.15) is 11.1 Å². The summed E-state index contributed by atoms with van der Waals surface area (Å²) in [6.07, 6.45) is 3.45. The largest absolute Gasteiger partial charge is 0.270 e. The first-order chi connectivity index (χ1) is 14.2. The molecule has 0 aliphatic carbocycles. The molecule has 0 fully saturated rings. The van der Waals surface area contributed by atoms with Gasteiger partial charge in [0.05, 0.1) is 27.4 Å². The monoisotopic (exact) mass is 437 g/mol. The van der Waals surface area contributed by atoms with Crippen LogP contribution >= 0.6 is 35.0 Å². The lowest BCUT2D eigenvalue weighted by Crippen LogP contribution is -2.00. The second-order valence-electron chi connectivity index (χ2n) is 6.08. The number of pyridine rings is 1. The first-order valence-corrected chi connectivity index (χ1v) is 10.3. The van der Waals surface area contributed by atoms with Crippen LogP contribution in [0.5, 0.6) is 0 Å². The van der Waals surface area contributed by atoms with Crippen LogP contribution in [0.4, 0.5) is 0 Å². The maximum absolute atomic E-state index is 9.11. The van der Waals surface area contributed by atoms with Gasteiger partial charge in [0.1, 0.15) is 0 Å². The highest BCUT2D eigenvalue weighted by atomic mass is 35.5. The van der Waals surface area contributed by atoms with Gasteiger partial charge in [0.2, 0.25) is 0 Å². The quantitative estimate of drug-likeness (QED) is 0.369. The number of benzene rings is 2. The van der Waals surface area contributed by atoms with E-state index in [4.69, 9.17) is 28.5 Å². The third kappa shape index (κ3) is 4.28. The van der Waals surface area contributed by atoms with E-state index in [-0.39, 0.29) is 0 Å². The summed E-state index contributed by atoms with van der Waals surface area (Å²) in [4.78, 5) is 4.18. The highest BCUT2D eigenvalue weighted by Crippen LogP contribution is 2.32. The van der Waals surface area contributed by atoms with Crippen molar-refractivity contribution in [3.8, 4) is 23.1 Å². The SMILES string of the molecule is N#Cc1cccc(CSc2nnc(-c3cccnc3)n2-c2ccc(Cl)c(Cl)c2)c1. The second-order valence-corrected chi connectivity index (χ2v) is 7.84. The number of thioether (sulfide) groups is 1. The van der Waals surface area contributed by atoms with Crippen LogP contribution in [0.25, 0.3) is 17.1 Å². The Morgan fingerprint density at radius 2 is 1.90 bits per heavy atom. The molecule has 0 saturated heterocycles. The minimum atomic E-state index is 0.452. The molecule has 0 aliphatic heterocycles. The lowest BCUT2D eigenvalue weighted by atomic mass is 10.2. The van der Waals surface area contributed by atoms with Crippen LogP contribution in [0.3, 0.4) is 0 Å². The summed E-state index contributed by atoms with van der Waals surface area (Å²) in [5.74, 6) is 1.30. The maximum Gasteiger partial charge on any atom is 0.196 e. The summed E-state index contributed by atoms with van der Waals surface area (Å²) in [7, 11) is 0. The molecule has 0 saturated carbocycles. The lowest BCUT2D eigenvalue weighted by molar-refractivity contribution is 0.886. The van der Waals surface area contributed by atoms with Crippen molar-refractivity contribution in [2.75, 3.05) is 0 Å². The van der Waals surface area contributed by atoms with Crippen LogP contribution in [0.2, 0.25) is 10.0 Å². The van der Waals surface area contributed by atoms with E-state index in [0.717, 1.165) is 16.8 Å². The second kappa shape index (κ2) is 8.66. The molecule has 2 heterocycles. The summed E-state index contributed by atoms with van der Waals surface area (Å²) in [6, 6.07) is 18.9. The average Bonchev–Trinajstić information content (AvgIpc) is 3.19. The fourth-order valence-electron chi connectivity index (χ4n) is 2.78. The van der Waals surface area contributed by atoms with E-state index in [2.05, 4.69) is 21.3 Å². The lowest BCUT2D eigenvalue weighted by Gasteiger charge is -2.11. The molecule has 0 N–H and O–H groups in total. The van der Waals surface area contributed by atoms with E-state index in [1.807, 2.05) is 41.0 Å². The Morgan fingerprint density at radius 3 is 2.66 bits per heavy atom. The molecule has 0 bridgehead atoms. The summed E-state index contributed by atoms with van der Waals surface area (Å²) in [6.45, 7) is 0. The van der Waals surface area contributed by atoms with Crippen LogP contribution in [0, 0.1) is 11.3 Å². The number of hydrogen-bond acceptors (Lipinski definition) is 5. The molecule has 2 aromatic heterocycles. The van der Waals surface area contributed by atoms with E-state index in [9.17, 15) is 0 Å². The van der Waals surface area contributed by atoms with Crippen LogP contribution in [0.15, 0.2) is 72.1 Å². The normalized spacial score (nSPS) is 10.7. The Balaban J connectivity index is 1.74. The zero-order valence-corrected chi connectivity index (χ0v) is 17.3. The van der Waals surface area contributed by atoms with Crippen molar-refractivity contribution in [2.45, 2.75) is 10.9 Å². The van der Waals surface area contributed by atoms with Gasteiger partial charge in [0.15, 0.2) is 11.0 Å². The predicted molar refractivity (Wildman–Crippen MR) is 115 cm³/mol. The summed E-state index contributed by atoms with van der Waals surface area (Å²) >= 11 is 13.9. The van der Waals surface area contributed by atoms with E-state index in [1.54, 1.807) is 30.6 Å². The molecule has 8 heteroatoms. The highest BCUT2D eigenvalue weighted by Gasteiger charge is 2.17. The molecule has 0 aliphatic rings. The van der Waals surface area contributed by atoms with Gasteiger partial charge in [-0.05, 0) is 48.0 Å². The smallest absolute Gasteiger partial charge is 0.196 e. The van der Waals surface area contributed by atoms with Gasteiger partial charge in [-0.15, -0.1) is 10.2 Å². The Kier molecular flexibility index (Phi) is 5.81. The highest BCUT2D eigenvalue weighted by molar-refractivity contribution is 7.98. The molecule has 0 radical (unpaired) electrons. The van der Waals surface area contributed by atoms with Crippen molar-refractivity contribution in [1.29, 1.82) is 5.26 Å². The molecule has 0 atom stereocenters. The van der Waals surface area contributed by atoms with Crippen molar-refractivity contribution in [3.63, 3.8) is 0 Å². The summed E-state index contributed by atoms with van der Waals surface area (Å²) in [5, 5.41) is 19.5. The molecule has 0 spiro atoms. The van der Waals surface area contributed by atoms with Crippen LogP contribution < -0.4 is 0 Å². The minimum absolute atomic E-state index is 0.452. The fourth-order valence-corrected chi connectivity index (χ4v) is 3.97. The van der Waals surface area contributed by atoms with Crippen LogP contribution in [-0.2, 0) is 5.75 Å². The zero-order chi connectivity index (χ0) is 20.2. The zero-order valence-electron chi connectivity index (χ0n) is 15.0. The van der Waals surface area contributed by atoms with Gasteiger partial charge >= 0.3 is 0 Å². The Bertz CT molecular complexity index is 1200. The maximum atomic E-state index is 9.11. The topological polar surface area (TPSA) is 67.4 Å². The molecule has 2 aromatic carbocycles. The standard InChI is InChI=1S/C21H13Cl2N5S/c22-18-7-6-17(10-19(18)23)28-20(16-5-2-8-25-12-16)26-27-21(28)29-13-15-4-1-3-14(9-15)11-24/h1-10,12H,13H2. The third-order valence-electron chi connectivity index (χ3n) is 4.14. The molecular weight excluding hydrogens is 425 g/mol. The number of nitriles is 1. The molecule has 29 heavy (non-hydrogen) atoms. The number of hydrogen-bond donors (Lipinski definition) is 0. The first kappa shape index (κ1) is 19.5. The van der Waals surface area contributed by atoms with Crippen molar-refractivity contribution in [1.82, 2.24) is 19.7 Å². The molecule has 142 valence electrons. The Hall–Kier alpha value is -2.85. The minimum Gasteiger partial charge on any atom is -0.270 e. The molecule has 0 unspecified atom stereocenters. The molecule has 0 amide bonds. The van der Waals surface area contributed by atoms with E-state index in [1.165, 1.54) is 11.8 Å². The first-order valence-electron chi connectivity index (χ1n) is 8.59. The van der Waals surface area contributed by atoms with Gasteiger partial charge in [0.25, 0.3) is 0 Å². The Labute approximate surface area is 182 Å². The Morgan fingerprint density at radius 1 is 1.00 bits per heavy atom. The van der Waals surface area contributed by atoms with Crippen molar-refractivity contribution < 1.29 is 0 Å². The molecule has 5 nitrogen and oxygen atoms in total. The third-order valence-corrected chi connectivity index (χ3v) is 5.88. The van der Waals surface area contributed by atoms with Crippen molar-refractivity contribution >= 4 is 35.0 Å². The van der Waals surface area contributed by atoms with E-state index >= 15 is 0 Å². The number of rotatable bonds is 5. The van der Waals surface area contributed by atoms with Gasteiger partial charge in [-0.3, -0.25) is 9.55 Å². The number of halogens is 2. The van der Waals surface area contributed by atoms with E-state index < -0.39 is 0 Å². The number of aromatic nitrogens is 4. The number of nitrogens with zero attached hydrogens (tertiary/aromatic N) is 5. The van der Waals surface area contributed by atoms with Gasteiger partial charge in [0, 0.05) is 23.7 Å². The van der Waals surface area contributed by atoms with Gasteiger partial charge < -0.3 is 0 Å².